The molecule has 42 heavy (non-hydrogen) atoms. The van der Waals surface area contributed by atoms with Crippen LogP contribution in [-0.4, -0.2) is 44.2 Å². The van der Waals surface area contributed by atoms with E-state index < -0.39 is 0 Å². The Kier molecular flexibility index (Phi) is 23.7. The van der Waals surface area contributed by atoms with E-state index in [9.17, 15) is 0 Å². The van der Waals surface area contributed by atoms with Gasteiger partial charge in [-0.25, -0.2) is 0 Å². The number of unbranched alkanes of at least 4 members (excludes halogenated alkanes) is 22. The molecule has 0 unspecified atom stereocenters. The molecule has 0 spiro atoms. The summed E-state index contributed by atoms with van der Waals surface area (Å²) in [6, 6.07) is 8.84. The number of nitrogens with zero attached hydrogens (tertiary/aromatic N) is 2. The molecule has 1 heterocycles. The highest BCUT2D eigenvalue weighted by Crippen LogP contribution is 2.22. The molecule has 0 aromatic heterocycles. The van der Waals surface area contributed by atoms with E-state index in [1.165, 1.54) is 173 Å². The van der Waals surface area contributed by atoms with Crippen molar-refractivity contribution in [2.24, 2.45) is 0 Å². The van der Waals surface area contributed by atoms with Crippen molar-refractivity contribution >= 4 is 5.69 Å². The molecule has 1 aromatic rings. The number of benzene rings is 1. The van der Waals surface area contributed by atoms with Gasteiger partial charge in [-0.15, -0.1) is 6.58 Å². The zero-order valence-electron chi connectivity index (χ0n) is 28.1. The second kappa shape index (κ2) is 27.1. The predicted octanol–water partition coefficient (Wildman–Crippen LogP) is 11.8. The van der Waals surface area contributed by atoms with Crippen LogP contribution in [0.2, 0.25) is 0 Å². The third kappa shape index (κ3) is 19.7. The summed E-state index contributed by atoms with van der Waals surface area (Å²) in [5.74, 6) is 1.02. The molecule has 2 rings (SSSR count). The highest BCUT2D eigenvalue weighted by atomic mass is 16.5. The van der Waals surface area contributed by atoms with E-state index in [4.69, 9.17) is 4.74 Å². The first-order valence-corrected chi connectivity index (χ1v) is 18.6. The lowest BCUT2D eigenvalue weighted by molar-refractivity contribution is 0.252. The summed E-state index contributed by atoms with van der Waals surface area (Å²) >= 11 is 0. The highest BCUT2D eigenvalue weighted by molar-refractivity contribution is 5.49. The second-order valence-electron chi connectivity index (χ2n) is 13.0. The average molecular weight is 583 g/mol. The Hall–Kier alpha value is -1.48. The summed E-state index contributed by atoms with van der Waals surface area (Å²) in [5.41, 5.74) is 1.35. The number of allylic oxidation sites excluding steroid dienone is 1. The topological polar surface area (TPSA) is 15.7 Å². The number of hydrogen-bond donors (Lipinski definition) is 0. The SMILES string of the molecule is C=CCCCCCCCCCOc1ccc(N2CCN(CCCCCCCCCCCCCCCCCC)CC2)cc1. The van der Waals surface area contributed by atoms with Gasteiger partial charge in [-0.3, -0.25) is 4.90 Å². The third-order valence-corrected chi connectivity index (χ3v) is 9.22. The second-order valence-corrected chi connectivity index (χ2v) is 13.0. The highest BCUT2D eigenvalue weighted by Gasteiger charge is 2.16. The molecular weight excluding hydrogens is 512 g/mol. The van der Waals surface area contributed by atoms with Crippen LogP contribution in [0, 0.1) is 0 Å². The van der Waals surface area contributed by atoms with Crippen LogP contribution >= 0.6 is 0 Å². The summed E-state index contributed by atoms with van der Waals surface area (Å²) in [6.07, 6.45) is 35.5. The molecule has 1 aliphatic heterocycles. The monoisotopic (exact) mass is 583 g/mol. The molecular formula is C39H70N2O. The van der Waals surface area contributed by atoms with Crippen molar-refractivity contribution in [1.29, 1.82) is 0 Å². The maximum atomic E-state index is 6.01. The summed E-state index contributed by atoms with van der Waals surface area (Å²) < 4.78 is 6.01. The molecule has 0 saturated carbocycles. The molecule has 0 amide bonds. The smallest absolute Gasteiger partial charge is 0.119 e. The van der Waals surface area contributed by atoms with Gasteiger partial charge in [0.2, 0.25) is 0 Å². The van der Waals surface area contributed by atoms with Crippen molar-refractivity contribution in [2.75, 3.05) is 44.2 Å². The Labute approximate surface area is 262 Å². The van der Waals surface area contributed by atoms with E-state index in [1.807, 2.05) is 6.08 Å². The van der Waals surface area contributed by atoms with Crippen LogP contribution in [0.25, 0.3) is 0 Å². The van der Waals surface area contributed by atoms with Crippen molar-refractivity contribution in [1.82, 2.24) is 4.90 Å². The largest absolute Gasteiger partial charge is 0.494 e. The van der Waals surface area contributed by atoms with Crippen LogP contribution in [0.1, 0.15) is 161 Å². The van der Waals surface area contributed by atoms with E-state index >= 15 is 0 Å². The standard InChI is InChI=1S/C39H70N2O/c1-3-5-7-9-11-13-14-15-16-17-18-19-20-22-24-26-32-40-33-35-41(36-34-40)38-28-30-39(31-29-38)42-37-27-25-23-21-12-10-8-6-4-2/h4,28-31H,2-3,5-27,32-37H2,1H3. The van der Waals surface area contributed by atoms with Gasteiger partial charge in [-0.05, 0) is 56.5 Å². The van der Waals surface area contributed by atoms with Crippen LogP contribution in [0.5, 0.6) is 5.75 Å². The zero-order chi connectivity index (χ0) is 29.8. The number of piperazine rings is 1. The van der Waals surface area contributed by atoms with Crippen molar-refractivity contribution < 1.29 is 4.74 Å². The van der Waals surface area contributed by atoms with E-state index in [0.29, 0.717) is 0 Å². The Morgan fingerprint density at radius 2 is 1.02 bits per heavy atom. The van der Waals surface area contributed by atoms with Gasteiger partial charge >= 0.3 is 0 Å². The molecule has 1 fully saturated rings. The van der Waals surface area contributed by atoms with Crippen molar-refractivity contribution in [3.05, 3.63) is 36.9 Å². The first kappa shape index (κ1) is 36.7. The molecule has 1 saturated heterocycles. The first-order chi connectivity index (χ1) is 20.8. The molecule has 0 bridgehead atoms. The van der Waals surface area contributed by atoms with E-state index in [1.54, 1.807) is 0 Å². The van der Waals surface area contributed by atoms with Crippen LogP contribution in [0.4, 0.5) is 5.69 Å². The van der Waals surface area contributed by atoms with Crippen LogP contribution < -0.4 is 9.64 Å². The maximum absolute atomic E-state index is 6.01. The van der Waals surface area contributed by atoms with Gasteiger partial charge in [0.15, 0.2) is 0 Å². The van der Waals surface area contributed by atoms with Gasteiger partial charge in [0, 0.05) is 31.9 Å². The minimum atomic E-state index is 0.841. The van der Waals surface area contributed by atoms with Gasteiger partial charge in [-0.1, -0.05) is 141 Å². The Bertz CT molecular complexity index is 710. The van der Waals surface area contributed by atoms with Gasteiger partial charge in [0.05, 0.1) is 6.61 Å². The minimum Gasteiger partial charge on any atom is -0.494 e. The molecule has 3 heteroatoms. The molecule has 242 valence electrons. The third-order valence-electron chi connectivity index (χ3n) is 9.22. The van der Waals surface area contributed by atoms with Gasteiger partial charge < -0.3 is 9.64 Å². The van der Waals surface area contributed by atoms with Crippen LogP contribution in [0.15, 0.2) is 36.9 Å². The fourth-order valence-electron chi connectivity index (χ4n) is 6.33. The predicted molar refractivity (Wildman–Crippen MR) is 187 cm³/mol. The minimum absolute atomic E-state index is 0.841. The first-order valence-electron chi connectivity index (χ1n) is 18.6. The molecule has 0 atom stereocenters. The number of ether oxygens (including phenoxy) is 1. The van der Waals surface area contributed by atoms with Crippen molar-refractivity contribution in [2.45, 2.75) is 161 Å². The fraction of sp³-hybridized carbons (Fsp3) is 0.795. The number of rotatable bonds is 29. The van der Waals surface area contributed by atoms with Crippen LogP contribution in [0.3, 0.4) is 0 Å². The van der Waals surface area contributed by atoms with Crippen molar-refractivity contribution in [3.63, 3.8) is 0 Å². The Morgan fingerprint density at radius 3 is 1.52 bits per heavy atom. The molecule has 0 N–H and O–H groups in total. The molecule has 3 nitrogen and oxygen atoms in total. The Morgan fingerprint density at radius 1 is 0.571 bits per heavy atom. The maximum Gasteiger partial charge on any atom is 0.119 e. The van der Waals surface area contributed by atoms with Gasteiger partial charge in [-0.2, -0.15) is 0 Å². The fourth-order valence-corrected chi connectivity index (χ4v) is 6.33. The van der Waals surface area contributed by atoms with E-state index in [2.05, 4.69) is 47.6 Å². The molecule has 0 aliphatic carbocycles. The average Bonchev–Trinajstić information content (AvgIpc) is 3.02. The number of hydrogen-bond acceptors (Lipinski definition) is 3. The van der Waals surface area contributed by atoms with Gasteiger partial charge in [0.25, 0.3) is 0 Å². The summed E-state index contributed by atoms with van der Waals surface area (Å²) in [4.78, 5) is 5.22. The van der Waals surface area contributed by atoms with Crippen LogP contribution in [-0.2, 0) is 0 Å². The lowest BCUT2D eigenvalue weighted by atomic mass is 10.0. The summed E-state index contributed by atoms with van der Waals surface area (Å²) in [5, 5.41) is 0. The summed E-state index contributed by atoms with van der Waals surface area (Å²) in [6.45, 7) is 12.9. The normalized spacial score (nSPS) is 14.0. The Balaban J connectivity index is 1.37. The lowest BCUT2D eigenvalue weighted by Crippen LogP contribution is -2.46. The molecule has 0 radical (unpaired) electrons. The van der Waals surface area contributed by atoms with E-state index in [0.717, 1.165) is 31.9 Å². The van der Waals surface area contributed by atoms with Crippen molar-refractivity contribution in [3.8, 4) is 5.75 Å². The van der Waals surface area contributed by atoms with E-state index in [-0.39, 0.29) is 0 Å². The quantitative estimate of drug-likeness (QED) is 0.0690. The van der Waals surface area contributed by atoms with Gasteiger partial charge in [0.1, 0.15) is 5.75 Å². The summed E-state index contributed by atoms with van der Waals surface area (Å²) in [7, 11) is 0. The lowest BCUT2D eigenvalue weighted by Gasteiger charge is -2.36. The zero-order valence-corrected chi connectivity index (χ0v) is 28.1. The molecule has 1 aromatic carbocycles. The number of anilines is 1. The molecule has 1 aliphatic rings.